The highest BCUT2D eigenvalue weighted by Crippen LogP contribution is 2.32. The van der Waals surface area contributed by atoms with Gasteiger partial charge in [-0.15, -0.1) is 0 Å². The van der Waals surface area contributed by atoms with Gasteiger partial charge in [-0.1, -0.05) is 24.3 Å². The van der Waals surface area contributed by atoms with Crippen LogP contribution in [-0.4, -0.2) is 38.7 Å². The summed E-state index contributed by atoms with van der Waals surface area (Å²) in [6.45, 7) is 1.43. The molecule has 1 amide bonds. The summed E-state index contributed by atoms with van der Waals surface area (Å²) in [6.07, 6.45) is 0.851. The molecular weight excluding hydrogens is 308 g/mol. The maximum atomic E-state index is 12.4. The Balaban J connectivity index is 1.84. The van der Waals surface area contributed by atoms with Crippen LogP contribution in [-0.2, 0) is 14.3 Å². The standard InChI is InChI=1S/C18H20N2O4/c1-23-17(21)11-24-16-7-6-15(13-4-2-3-5-14(13)16)20-18(22)12-8-9-19-10-12/h2-7,12,19H,8-11H2,1H3,(H,20,22). The quantitative estimate of drug-likeness (QED) is 0.820. The van der Waals surface area contributed by atoms with Crippen LogP contribution < -0.4 is 15.4 Å². The van der Waals surface area contributed by atoms with Gasteiger partial charge in [0.05, 0.1) is 13.0 Å². The van der Waals surface area contributed by atoms with Gasteiger partial charge in [0.1, 0.15) is 5.75 Å². The van der Waals surface area contributed by atoms with Crippen LogP contribution in [0.3, 0.4) is 0 Å². The average molecular weight is 328 g/mol. The number of methoxy groups -OCH3 is 1. The molecule has 3 rings (SSSR count). The minimum absolute atomic E-state index is 0.000914. The van der Waals surface area contributed by atoms with E-state index >= 15 is 0 Å². The number of carbonyl (C=O) groups is 2. The van der Waals surface area contributed by atoms with Gasteiger partial charge in [0.2, 0.25) is 5.91 Å². The predicted molar refractivity (Wildman–Crippen MR) is 91.1 cm³/mol. The van der Waals surface area contributed by atoms with Gasteiger partial charge in [0, 0.05) is 23.0 Å². The van der Waals surface area contributed by atoms with Crippen LogP contribution in [0.1, 0.15) is 6.42 Å². The van der Waals surface area contributed by atoms with Crippen LogP contribution in [0.25, 0.3) is 10.8 Å². The number of hydrogen-bond donors (Lipinski definition) is 2. The highest BCUT2D eigenvalue weighted by atomic mass is 16.6. The van der Waals surface area contributed by atoms with E-state index in [4.69, 9.17) is 4.74 Å². The first-order chi connectivity index (χ1) is 11.7. The number of benzene rings is 2. The molecule has 6 heteroatoms. The van der Waals surface area contributed by atoms with Crippen LogP contribution in [0.2, 0.25) is 0 Å². The lowest BCUT2D eigenvalue weighted by Gasteiger charge is -2.14. The number of esters is 1. The van der Waals surface area contributed by atoms with E-state index in [1.54, 1.807) is 12.1 Å². The summed E-state index contributed by atoms with van der Waals surface area (Å²) in [5.74, 6) is 0.161. The molecule has 1 heterocycles. The van der Waals surface area contributed by atoms with Crippen molar-refractivity contribution in [3.05, 3.63) is 36.4 Å². The van der Waals surface area contributed by atoms with E-state index in [1.807, 2.05) is 24.3 Å². The Morgan fingerprint density at radius 2 is 2.00 bits per heavy atom. The molecule has 0 spiro atoms. The van der Waals surface area contributed by atoms with Crippen molar-refractivity contribution >= 4 is 28.3 Å². The van der Waals surface area contributed by atoms with Gasteiger partial charge in [-0.3, -0.25) is 4.79 Å². The summed E-state index contributed by atoms with van der Waals surface area (Å²) >= 11 is 0. The van der Waals surface area contributed by atoms with Crippen molar-refractivity contribution in [1.29, 1.82) is 0 Å². The average Bonchev–Trinajstić information content (AvgIpc) is 3.15. The molecular formula is C18H20N2O4. The molecule has 0 bridgehead atoms. The Morgan fingerprint density at radius 1 is 1.21 bits per heavy atom. The van der Waals surface area contributed by atoms with E-state index in [9.17, 15) is 9.59 Å². The fourth-order valence-corrected chi connectivity index (χ4v) is 2.82. The number of fused-ring (bicyclic) bond motifs is 1. The van der Waals surface area contributed by atoms with Gasteiger partial charge < -0.3 is 20.1 Å². The third kappa shape index (κ3) is 3.49. The predicted octanol–water partition coefficient (Wildman–Crippen LogP) is 1.94. The molecule has 0 aromatic heterocycles. The molecule has 1 fully saturated rings. The Hall–Kier alpha value is -2.60. The van der Waals surface area contributed by atoms with Gasteiger partial charge in [0.15, 0.2) is 6.61 Å². The number of ether oxygens (including phenoxy) is 2. The van der Waals surface area contributed by atoms with Crippen molar-refractivity contribution < 1.29 is 19.1 Å². The van der Waals surface area contributed by atoms with E-state index in [0.717, 1.165) is 29.4 Å². The number of hydrogen-bond acceptors (Lipinski definition) is 5. The molecule has 1 saturated heterocycles. The molecule has 2 aromatic rings. The molecule has 126 valence electrons. The third-order valence-corrected chi connectivity index (χ3v) is 4.15. The molecule has 6 nitrogen and oxygen atoms in total. The molecule has 1 aliphatic rings. The second-order valence-corrected chi connectivity index (χ2v) is 5.70. The lowest BCUT2D eigenvalue weighted by atomic mass is 10.1. The molecule has 2 N–H and O–H groups in total. The minimum atomic E-state index is -0.440. The summed E-state index contributed by atoms with van der Waals surface area (Å²) in [5, 5.41) is 7.91. The van der Waals surface area contributed by atoms with Crippen LogP contribution in [0, 0.1) is 5.92 Å². The maximum Gasteiger partial charge on any atom is 0.343 e. The first-order valence-electron chi connectivity index (χ1n) is 7.92. The van der Waals surface area contributed by atoms with Crippen LogP contribution in [0.4, 0.5) is 5.69 Å². The molecule has 24 heavy (non-hydrogen) atoms. The number of carbonyl (C=O) groups excluding carboxylic acids is 2. The fraction of sp³-hybridized carbons (Fsp3) is 0.333. The highest BCUT2D eigenvalue weighted by Gasteiger charge is 2.23. The normalized spacial score (nSPS) is 16.8. The van der Waals surface area contributed by atoms with Gasteiger partial charge in [-0.25, -0.2) is 4.79 Å². The summed E-state index contributed by atoms with van der Waals surface area (Å²) < 4.78 is 10.1. The van der Waals surface area contributed by atoms with Gasteiger partial charge >= 0.3 is 5.97 Å². The van der Waals surface area contributed by atoms with Crippen molar-refractivity contribution in [3.63, 3.8) is 0 Å². The SMILES string of the molecule is COC(=O)COc1ccc(NC(=O)C2CCNC2)c2ccccc12. The van der Waals surface area contributed by atoms with Crippen molar-refractivity contribution in [2.24, 2.45) is 5.92 Å². The molecule has 1 aliphatic heterocycles. The summed E-state index contributed by atoms with van der Waals surface area (Å²) in [4.78, 5) is 23.6. The number of nitrogens with one attached hydrogen (secondary N) is 2. The minimum Gasteiger partial charge on any atom is -0.481 e. The molecule has 1 unspecified atom stereocenters. The first kappa shape index (κ1) is 16.3. The number of rotatable bonds is 5. The lowest BCUT2D eigenvalue weighted by molar-refractivity contribution is -0.142. The Kier molecular flexibility index (Phi) is 4.96. The molecule has 2 aromatic carbocycles. The van der Waals surface area contributed by atoms with Crippen LogP contribution in [0.15, 0.2) is 36.4 Å². The molecule has 0 saturated carbocycles. The van der Waals surface area contributed by atoms with Crippen molar-refractivity contribution in [3.8, 4) is 5.75 Å². The highest BCUT2D eigenvalue weighted by molar-refractivity contribution is 6.05. The van der Waals surface area contributed by atoms with Crippen LogP contribution >= 0.6 is 0 Å². The fourth-order valence-electron chi connectivity index (χ4n) is 2.82. The summed E-state index contributed by atoms with van der Waals surface area (Å²) in [5.41, 5.74) is 0.743. The monoisotopic (exact) mass is 328 g/mol. The van der Waals surface area contributed by atoms with Crippen LogP contribution in [0.5, 0.6) is 5.75 Å². The van der Waals surface area contributed by atoms with Crippen molar-refractivity contribution in [2.45, 2.75) is 6.42 Å². The van der Waals surface area contributed by atoms with E-state index in [1.165, 1.54) is 7.11 Å². The lowest BCUT2D eigenvalue weighted by Crippen LogP contribution is -2.24. The molecule has 0 aliphatic carbocycles. The maximum absolute atomic E-state index is 12.4. The number of amides is 1. The largest absolute Gasteiger partial charge is 0.481 e. The van der Waals surface area contributed by atoms with Gasteiger partial charge in [0.25, 0.3) is 0 Å². The molecule has 0 radical (unpaired) electrons. The summed E-state index contributed by atoms with van der Waals surface area (Å²) in [7, 11) is 1.32. The zero-order valence-corrected chi connectivity index (χ0v) is 13.5. The third-order valence-electron chi connectivity index (χ3n) is 4.15. The van der Waals surface area contributed by atoms with Gasteiger partial charge in [-0.2, -0.15) is 0 Å². The van der Waals surface area contributed by atoms with Crippen molar-refractivity contribution in [2.75, 3.05) is 32.1 Å². The Bertz CT molecular complexity index is 754. The van der Waals surface area contributed by atoms with Gasteiger partial charge in [-0.05, 0) is 25.1 Å². The Morgan fingerprint density at radius 3 is 2.71 bits per heavy atom. The zero-order valence-electron chi connectivity index (χ0n) is 13.5. The summed E-state index contributed by atoms with van der Waals surface area (Å²) in [6, 6.07) is 11.2. The van der Waals surface area contributed by atoms with E-state index in [0.29, 0.717) is 12.3 Å². The molecule has 1 atom stereocenters. The second kappa shape index (κ2) is 7.31. The zero-order chi connectivity index (χ0) is 16.9. The smallest absolute Gasteiger partial charge is 0.343 e. The van der Waals surface area contributed by atoms with E-state index in [2.05, 4.69) is 15.4 Å². The van der Waals surface area contributed by atoms with E-state index in [-0.39, 0.29) is 18.4 Å². The first-order valence-corrected chi connectivity index (χ1v) is 7.92. The number of anilines is 1. The Labute approximate surface area is 140 Å². The second-order valence-electron chi connectivity index (χ2n) is 5.70. The topological polar surface area (TPSA) is 76.7 Å². The van der Waals surface area contributed by atoms with E-state index < -0.39 is 5.97 Å². The van der Waals surface area contributed by atoms with Crippen molar-refractivity contribution in [1.82, 2.24) is 5.32 Å².